The molecule has 7 heteroatoms. The van der Waals surface area contributed by atoms with Crippen molar-refractivity contribution < 1.29 is 4.79 Å². The van der Waals surface area contributed by atoms with Gasteiger partial charge in [-0.15, -0.1) is 0 Å². The van der Waals surface area contributed by atoms with Crippen molar-refractivity contribution in [3.05, 3.63) is 42.2 Å². The van der Waals surface area contributed by atoms with Gasteiger partial charge in [0.25, 0.3) is 5.91 Å². The molecule has 1 fully saturated rings. The highest BCUT2D eigenvalue weighted by Crippen LogP contribution is 2.28. The molecule has 0 bridgehead atoms. The maximum Gasteiger partial charge on any atom is 0.251 e. The van der Waals surface area contributed by atoms with E-state index in [-0.39, 0.29) is 5.91 Å². The molecule has 0 atom stereocenters. The van der Waals surface area contributed by atoms with E-state index >= 15 is 0 Å². The summed E-state index contributed by atoms with van der Waals surface area (Å²) in [4.78, 5) is 24.3. The quantitative estimate of drug-likeness (QED) is 0.578. The van der Waals surface area contributed by atoms with Crippen molar-refractivity contribution in [1.82, 2.24) is 25.6 Å². The van der Waals surface area contributed by atoms with Gasteiger partial charge < -0.3 is 20.9 Å². The molecular weight excluding hydrogens is 328 g/mol. The first-order valence-electron chi connectivity index (χ1n) is 8.88. The van der Waals surface area contributed by atoms with Crippen LogP contribution in [0.2, 0.25) is 0 Å². The van der Waals surface area contributed by atoms with E-state index in [1.54, 1.807) is 19.3 Å². The third-order valence-electron chi connectivity index (χ3n) is 4.73. The normalized spacial score (nSPS) is 15.1. The van der Waals surface area contributed by atoms with Gasteiger partial charge in [-0.05, 0) is 43.6 Å². The summed E-state index contributed by atoms with van der Waals surface area (Å²) in [6.07, 6.45) is 5.81. The van der Waals surface area contributed by atoms with Crippen LogP contribution in [0.3, 0.4) is 0 Å². The van der Waals surface area contributed by atoms with Crippen molar-refractivity contribution in [1.29, 1.82) is 0 Å². The van der Waals surface area contributed by atoms with Crippen molar-refractivity contribution >= 4 is 22.9 Å². The molecule has 1 saturated heterocycles. The number of carbonyl (C=O) groups excluding carboxylic acids is 1. The second-order valence-corrected chi connectivity index (χ2v) is 6.48. The number of anilines is 1. The van der Waals surface area contributed by atoms with Crippen LogP contribution in [0.1, 0.15) is 23.2 Å². The lowest BCUT2D eigenvalue weighted by Crippen LogP contribution is -2.35. The summed E-state index contributed by atoms with van der Waals surface area (Å²) in [5.41, 5.74) is 4.04. The Morgan fingerprint density at radius 2 is 2.12 bits per heavy atom. The van der Waals surface area contributed by atoms with E-state index in [4.69, 9.17) is 4.98 Å². The Hall–Kier alpha value is -2.93. The van der Waals surface area contributed by atoms with Gasteiger partial charge in [0.1, 0.15) is 11.3 Å². The molecule has 0 aliphatic carbocycles. The van der Waals surface area contributed by atoms with Crippen LogP contribution < -0.4 is 16.0 Å². The van der Waals surface area contributed by atoms with Crippen LogP contribution >= 0.6 is 0 Å². The predicted molar refractivity (Wildman–Crippen MR) is 102 cm³/mol. The Morgan fingerprint density at radius 1 is 1.27 bits per heavy atom. The fourth-order valence-corrected chi connectivity index (χ4v) is 3.33. The largest absolute Gasteiger partial charge is 0.366 e. The molecule has 1 amide bonds. The Kier molecular flexibility index (Phi) is 4.53. The number of H-pyrrole nitrogens is 1. The van der Waals surface area contributed by atoms with E-state index in [2.05, 4.69) is 25.9 Å². The summed E-state index contributed by atoms with van der Waals surface area (Å²) in [7, 11) is 1.63. The second-order valence-electron chi connectivity index (χ2n) is 6.48. The first kappa shape index (κ1) is 16.5. The van der Waals surface area contributed by atoms with Gasteiger partial charge in [-0.2, -0.15) is 0 Å². The minimum atomic E-state index is -0.106. The molecule has 134 valence electrons. The van der Waals surface area contributed by atoms with E-state index in [1.165, 1.54) is 0 Å². The fourth-order valence-electron chi connectivity index (χ4n) is 3.33. The number of amides is 1. The van der Waals surface area contributed by atoms with Gasteiger partial charge in [0.2, 0.25) is 0 Å². The number of fused-ring (bicyclic) bond motifs is 1. The second kappa shape index (κ2) is 7.13. The number of nitrogens with zero attached hydrogens (tertiary/aromatic N) is 2. The summed E-state index contributed by atoms with van der Waals surface area (Å²) in [6, 6.07) is 7.94. The monoisotopic (exact) mass is 350 g/mol. The Labute approximate surface area is 151 Å². The van der Waals surface area contributed by atoms with Gasteiger partial charge in [-0.1, -0.05) is 12.1 Å². The summed E-state index contributed by atoms with van der Waals surface area (Å²) in [5, 5.41) is 9.51. The van der Waals surface area contributed by atoms with Gasteiger partial charge in [-0.25, -0.2) is 9.97 Å². The van der Waals surface area contributed by atoms with E-state index < -0.39 is 0 Å². The zero-order valence-corrected chi connectivity index (χ0v) is 14.7. The van der Waals surface area contributed by atoms with E-state index in [1.807, 2.05) is 24.4 Å². The molecular formula is C19H22N6O. The molecule has 0 spiro atoms. The maximum absolute atomic E-state index is 11.9. The number of rotatable bonds is 4. The zero-order chi connectivity index (χ0) is 17.9. The summed E-state index contributed by atoms with van der Waals surface area (Å²) in [6.45, 7) is 2.05. The molecule has 2 aromatic heterocycles. The SMILES string of the molecule is CNC(=O)c1cccc(-c2c[nH]c3ncc(NC4CCNCC4)nc23)c1. The summed E-state index contributed by atoms with van der Waals surface area (Å²) < 4.78 is 0. The fraction of sp³-hybridized carbons (Fsp3) is 0.316. The maximum atomic E-state index is 11.9. The van der Waals surface area contributed by atoms with Crippen molar-refractivity contribution in [2.45, 2.75) is 18.9 Å². The van der Waals surface area contributed by atoms with E-state index in [9.17, 15) is 4.79 Å². The highest BCUT2D eigenvalue weighted by Gasteiger charge is 2.15. The smallest absolute Gasteiger partial charge is 0.251 e. The Bertz CT molecular complexity index is 929. The summed E-state index contributed by atoms with van der Waals surface area (Å²) in [5.74, 6) is 0.679. The molecule has 3 heterocycles. The van der Waals surface area contributed by atoms with Crippen molar-refractivity contribution in [2.24, 2.45) is 0 Å². The Morgan fingerprint density at radius 3 is 2.92 bits per heavy atom. The Balaban J connectivity index is 1.67. The van der Waals surface area contributed by atoms with Crippen molar-refractivity contribution in [3.63, 3.8) is 0 Å². The topological polar surface area (TPSA) is 94.7 Å². The molecule has 7 nitrogen and oxygen atoms in total. The van der Waals surface area contributed by atoms with Crippen LogP contribution in [-0.4, -0.2) is 47.0 Å². The molecule has 26 heavy (non-hydrogen) atoms. The first-order chi connectivity index (χ1) is 12.7. The van der Waals surface area contributed by atoms with Crippen molar-refractivity contribution in [3.8, 4) is 11.1 Å². The number of aromatic amines is 1. The third kappa shape index (κ3) is 3.25. The lowest BCUT2D eigenvalue weighted by atomic mass is 10.0. The molecule has 4 rings (SSSR count). The average Bonchev–Trinajstić information content (AvgIpc) is 3.11. The van der Waals surface area contributed by atoms with Crippen LogP contribution in [0.5, 0.6) is 0 Å². The minimum absolute atomic E-state index is 0.106. The first-order valence-corrected chi connectivity index (χ1v) is 8.88. The van der Waals surface area contributed by atoms with Crippen LogP contribution in [0, 0.1) is 0 Å². The van der Waals surface area contributed by atoms with Gasteiger partial charge in [0, 0.05) is 30.4 Å². The molecule has 0 saturated carbocycles. The van der Waals surface area contributed by atoms with Crippen molar-refractivity contribution in [2.75, 3.05) is 25.5 Å². The molecule has 0 unspecified atom stereocenters. The summed E-state index contributed by atoms with van der Waals surface area (Å²) >= 11 is 0. The van der Waals surface area contributed by atoms with Crippen LogP contribution in [0.15, 0.2) is 36.7 Å². The number of hydrogen-bond donors (Lipinski definition) is 4. The third-order valence-corrected chi connectivity index (χ3v) is 4.73. The minimum Gasteiger partial charge on any atom is -0.366 e. The van der Waals surface area contributed by atoms with Gasteiger partial charge in [-0.3, -0.25) is 4.79 Å². The lowest BCUT2D eigenvalue weighted by molar-refractivity contribution is 0.0963. The van der Waals surface area contributed by atoms with Crippen LogP contribution in [0.25, 0.3) is 22.3 Å². The molecule has 1 aromatic carbocycles. The van der Waals surface area contributed by atoms with E-state index in [0.29, 0.717) is 11.6 Å². The standard InChI is InChI=1S/C19H22N6O/c1-20-19(26)13-4-2-3-12(9-13)15-10-22-18-17(15)25-16(11-23-18)24-14-5-7-21-8-6-14/h2-4,9-11,14,21H,5-8H2,1H3,(H,20,26)(H,22,23)(H,24,25). The number of hydrogen-bond acceptors (Lipinski definition) is 5. The highest BCUT2D eigenvalue weighted by atomic mass is 16.1. The molecule has 3 aromatic rings. The van der Waals surface area contributed by atoms with Crippen LogP contribution in [0.4, 0.5) is 5.82 Å². The number of benzene rings is 1. The number of nitrogens with one attached hydrogen (secondary N) is 4. The van der Waals surface area contributed by atoms with Gasteiger partial charge in [0.15, 0.2) is 5.65 Å². The lowest BCUT2D eigenvalue weighted by Gasteiger charge is -2.23. The van der Waals surface area contributed by atoms with Crippen LogP contribution in [-0.2, 0) is 0 Å². The average molecular weight is 350 g/mol. The van der Waals surface area contributed by atoms with Gasteiger partial charge >= 0.3 is 0 Å². The number of carbonyl (C=O) groups is 1. The van der Waals surface area contributed by atoms with Gasteiger partial charge in [0.05, 0.1) is 6.20 Å². The highest BCUT2D eigenvalue weighted by molar-refractivity contribution is 5.97. The molecule has 1 aliphatic heterocycles. The van der Waals surface area contributed by atoms with E-state index in [0.717, 1.165) is 54.0 Å². The predicted octanol–water partition coefficient (Wildman–Crippen LogP) is 2.15. The molecule has 0 radical (unpaired) electrons. The number of piperidine rings is 1. The number of aromatic nitrogens is 3. The molecule has 4 N–H and O–H groups in total. The molecule has 1 aliphatic rings. The zero-order valence-electron chi connectivity index (χ0n) is 14.7.